The molecule has 3 aromatic rings. The number of carbonyl (C=O) groups excluding carboxylic acids is 2. The highest BCUT2D eigenvalue weighted by molar-refractivity contribution is 7.89. The standard InChI is InChI=1S/C25H27ClN4O5S2/c1-16(2)22(24(32)29-25-27-21(15-36-25)19-8-3-4-9-20(19)26)28-23(31)17-6-5-7-18(14-17)37(33,34)30-10-12-35-13-11-30/h3-9,14-16,22H,10-13H2,1-2H3,(H,28,31)(H,27,29,32)/t22-/m1/s1. The minimum atomic E-state index is -3.77. The first kappa shape index (κ1) is 27.2. The molecule has 9 nitrogen and oxygen atoms in total. The van der Waals surface area contributed by atoms with Crippen molar-refractivity contribution < 1.29 is 22.7 Å². The van der Waals surface area contributed by atoms with E-state index in [0.29, 0.717) is 29.1 Å². The van der Waals surface area contributed by atoms with Gasteiger partial charge < -0.3 is 15.4 Å². The zero-order chi connectivity index (χ0) is 26.6. The molecule has 2 aromatic carbocycles. The fourth-order valence-corrected chi connectivity index (χ4v) is 6.20. The van der Waals surface area contributed by atoms with Gasteiger partial charge in [-0.05, 0) is 30.2 Å². The van der Waals surface area contributed by atoms with E-state index in [4.69, 9.17) is 16.3 Å². The maximum Gasteiger partial charge on any atom is 0.251 e. The number of hydrogen-bond acceptors (Lipinski definition) is 7. The summed E-state index contributed by atoms with van der Waals surface area (Å²) in [6, 6.07) is 12.2. The zero-order valence-corrected chi connectivity index (χ0v) is 22.7. The van der Waals surface area contributed by atoms with Crippen molar-refractivity contribution in [1.82, 2.24) is 14.6 Å². The van der Waals surface area contributed by atoms with Gasteiger partial charge in [-0.2, -0.15) is 4.31 Å². The van der Waals surface area contributed by atoms with Gasteiger partial charge in [0.15, 0.2) is 5.13 Å². The van der Waals surface area contributed by atoms with Gasteiger partial charge in [0.1, 0.15) is 6.04 Å². The second-order valence-corrected chi connectivity index (χ2v) is 11.9. The molecule has 0 unspecified atom stereocenters. The Morgan fingerprint density at radius 2 is 1.84 bits per heavy atom. The van der Waals surface area contributed by atoms with Crippen molar-refractivity contribution in [3.8, 4) is 11.3 Å². The lowest BCUT2D eigenvalue weighted by molar-refractivity contribution is -0.118. The van der Waals surface area contributed by atoms with Crippen LogP contribution >= 0.6 is 22.9 Å². The molecule has 1 fully saturated rings. The summed E-state index contributed by atoms with van der Waals surface area (Å²) < 4.78 is 32.6. The maximum atomic E-state index is 13.1. The Morgan fingerprint density at radius 1 is 1.11 bits per heavy atom. The van der Waals surface area contributed by atoms with Crippen LogP contribution in [0.25, 0.3) is 11.3 Å². The van der Waals surface area contributed by atoms with E-state index < -0.39 is 27.9 Å². The summed E-state index contributed by atoms with van der Waals surface area (Å²) in [5, 5.41) is 8.22. The number of aromatic nitrogens is 1. The number of ether oxygens (including phenoxy) is 1. The normalized spacial score (nSPS) is 15.4. The Hall–Kier alpha value is -2.83. The Morgan fingerprint density at radius 3 is 2.54 bits per heavy atom. The van der Waals surface area contributed by atoms with E-state index >= 15 is 0 Å². The van der Waals surface area contributed by atoms with Gasteiger partial charge in [-0.3, -0.25) is 9.59 Å². The van der Waals surface area contributed by atoms with Crippen LogP contribution < -0.4 is 10.6 Å². The van der Waals surface area contributed by atoms with Crippen molar-refractivity contribution >= 4 is 49.9 Å². The number of hydrogen-bond donors (Lipinski definition) is 2. The second kappa shape index (κ2) is 11.7. The maximum absolute atomic E-state index is 13.1. The van der Waals surface area contributed by atoms with Gasteiger partial charge in [0.05, 0.1) is 23.8 Å². The van der Waals surface area contributed by atoms with Crippen molar-refractivity contribution in [3.63, 3.8) is 0 Å². The van der Waals surface area contributed by atoms with Crippen LogP contribution in [-0.4, -0.2) is 61.9 Å². The summed E-state index contributed by atoms with van der Waals surface area (Å²) in [7, 11) is -3.77. The topological polar surface area (TPSA) is 118 Å². The fourth-order valence-electron chi connectivity index (χ4n) is 3.80. The molecule has 0 saturated carbocycles. The van der Waals surface area contributed by atoms with Crippen LogP contribution in [0.5, 0.6) is 0 Å². The minimum absolute atomic E-state index is 0.0162. The number of carbonyl (C=O) groups is 2. The van der Waals surface area contributed by atoms with Crippen molar-refractivity contribution in [2.24, 2.45) is 5.92 Å². The van der Waals surface area contributed by atoms with Gasteiger partial charge in [0, 0.05) is 34.6 Å². The number of nitrogens with one attached hydrogen (secondary N) is 2. The molecule has 0 aliphatic carbocycles. The first-order valence-electron chi connectivity index (χ1n) is 11.7. The number of sulfonamides is 1. The molecule has 2 N–H and O–H groups in total. The van der Waals surface area contributed by atoms with Gasteiger partial charge in [-0.1, -0.05) is 49.7 Å². The van der Waals surface area contributed by atoms with E-state index in [1.165, 1.54) is 39.9 Å². The molecular formula is C25H27ClN4O5S2. The number of thiazole rings is 1. The minimum Gasteiger partial charge on any atom is -0.379 e. The Bertz CT molecular complexity index is 1390. The molecule has 0 bridgehead atoms. The molecule has 1 saturated heterocycles. The third kappa shape index (κ3) is 6.36. The molecule has 1 atom stereocenters. The first-order chi connectivity index (χ1) is 17.7. The SMILES string of the molecule is CC(C)[C@@H](NC(=O)c1cccc(S(=O)(=O)N2CCOCC2)c1)C(=O)Nc1nc(-c2ccccc2Cl)cs1. The van der Waals surface area contributed by atoms with Crippen molar-refractivity contribution in [3.05, 3.63) is 64.5 Å². The van der Waals surface area contributed by atoms with Crippen molar-refractivity contribution in [2.45, 2.75) is 24.8 Å². The number of morpholine rings is 1. The number of rotatable bonds is 8. The first-order valence-corrected chi connectivity index (χ1v) is 14.4. The van der Waals surface area contributed by atoms with Crippen LogP contribution in [0.3, 0.4) is 0 Å². The van der Waals surface area contributed by atoms with E-state index in [0.717, 1.165) is 5.56 Å². The fraction of sp³-hybridized carbons (Fsp3) is 0.320. The molecule has 4 rings (SSSR count). The molecule has 2 amide bonds. The van der Waals surface area contributed by atoms with Gasteiger partial charge in [0.2, 0.25) is 15.9 Å². The summed E-state index contributed by atoms with van der Waals surface area (Å²) in [4.78, 5) is 30.6. The molecule has 1 aliphatic rings. The summed E-state index contributed by atoms with van der Waals surface area (Å²) in [5.41, 5.74) is 1.53. The molecule has 1 aliphatic heterocycles. The van der Waals surface area contributed by atoms with E-state index in [-0.39, 0.29) is 29.5 Å². The Balaban J connectivity index is 1.47. The Labute approximate surface area is 224 Å². The highest BCUT2D eigenvalue weighted by atomic mass is 35.5. The number of amides is 2. The molecule has 2 heterocycles. The summed E-state index contributed by atoms with van der Waals surface area (Å²) in [6.07, 6.45) is 0. The highest BCUT2D eigenvalue weighted by Crippen LogP contribution is 2.30. The van der Waals surface area contributed by atoms with E-state index in [1.807, 2.05) is 18.2 Å². The lowest BCUT2D eigenvalue weighted by atomic mass is 10.0. The summed E-state index contributed by atoms with van der Waals surface area (Å²) in [5.74, 6) is -1.23. The van der Waals surface area contributed by atoms with Crippen LogP contribution in [0.2, 0.25) is 5.02 Å². The van der Waals surface area contributed by atoms with Gasteiger partial charge in [-0.15, -0.1) is 11.3 Å². The number of benzene rings is 2. The molecule has 12 heteroatoms. The number of halogens is 1. The smallest absolute Gasteiger partial charge is 0.251 e. The molecule has 37 heavy (non-hydrogen) atoms. The average Bonchev–Trinajstić information content (AvgIpc) is 3.35. The average molecular weight is 563 g/mol. The molecular weight excluding hydrogens is 536 g/mol. The molecule has 0 radical (unpaired) electrons. The second-order valence-electron chi connectivity index (χ2n) is 8.75. The lowest BCUT2D eigenvalue weighted by Crippen LogP contribution is -2.47. The monoisotopic (exact) mass is 562 g/mol. The highest BCUT2D eigenvalue weighted by Gasteiger charge is 2.29. The van der Waals surface area contributed by atoms with Gasteiger partial charge in [0.25, 0.3) is 5.91 Å². The van der Waals surface area contributed by atoms with Crippen LogP contribution in [0.15, 0.2) is 58.8 Å². The quantitative estimate of drug-likeness (QED) is 0.430. The summed E-state index contributed by atoms with van der Waals surface area (Å²) >= 11 is 7.50. The summed E-state index contributed by atoms with van der Waals surface area (Å²) in [6.45, 7) is 4.77. The van der Waals surface area contributed by atoms with Gasteiger partial charge in [-0.25, -0.2) is 13.4 Å². The van der Waals surface area contributed by atoms with Crippen molar-refractivity contribution in [2.75, 3.05) is 31.6 Å². The van der Waals surface area contributed by atoms with E-state index in [2.05, 4.69) is 15.6 Å². The molecule has 1 aromatic heterocycles. The van der Waals surface area contributed by atoms with Crippen molar-refractivity contribution in [1.29, 1.82) is 0 Å². The van der Waals surface area contributed by atoms with Crippen LogP contribution in [0.4, 0.5) is 5.13 Å². The molecule has 196 valence electrons. The predicted octanol–water partition coefficient (Wildman–Crippen LogP) is 3.88. The zero-order valence-electron chi connectivity index (χ0n) is 20.3. The van der Waals surface area contributed by atoms with E-state index in [9.17, 15) is 18.0 Å². The van der Waals surface area contributed by atoms with Gasteiger partial charge >= 0.3 is 0 Å². The lowest BCUT2D eigenvalue weighted by Gasteiger charge is -2.26. The number of anilines is 1. The van der Waals surface area contributed by atoms with Crippen LogP contribution in [0.1, 0.15) is 24.2 Å². The number of nitrogens with zero attached hydrogens (tertiary/aromatic N) is 2. The Kier molecular flexibility index (Phi) is 8.60. The third-order valence-corrected chi connectivity index (χ3v) is 8.81. The van der Waals surface area contributed by atoms with E-state index in [1.54, 1.807) is 25.3 Å². The van der Waals surface area contributed by atoms with Crippen LogP contribution in [0, 0.1) is 5.92 Å². The molecule has 0 spiro atoms. The van der Waals surface area contributed by atoms with Crippen LogP contribution in [-0.2, 0) is 19.6 Å². The third-order valence-electron chi connectivity index (χ3n) is 5.82. The predicted molar refractivity (Wildman–Crippen MR) is 143 cm³/mol. The largest absolute Gasteiger partial charge is 0.379 e.